The Morgan fingerprint density at radius 1 is 1.15 bits per heavy atom. The van der Waals surface area contributed by atoms with E-state index < -0.39 is 0 Å². The van der Waals surface area contributed by atoms with Crippen molar-refractivity contribution in [3.63, 3.8) is 0 Å². The Kier molecular flexibility index (Phi) is 3.75. The van der Waals surface area contributed by atoms with Crippen LogP contribution in [0.1, 0.15) is 17.0 Å². The molecule has 0 radical (unpaired) electrons. The number of hydrogen-bond acceptors (Lipinski definition) is 5. The first-order chi connectivity index (χ1) is 9.74. The van der Waals surface area contributed by atoms with Crippen molar-refractivity contribution < 1.29 is 4.74 Å². The van der Waals surface area contributed by atoms with Crippen molar-refractivity contribution in [3.05, 3.63) is 35.2 Å². The second-order valence-electron chi connectivity index (χ2n) is 5.16. The van der Waals surface area contributed by atoms with Crippen LogP contribution in [-0.2, 0) is 11.3 Å². The maximum Gasteiger partial charge on any atom is 0.170 e. The summed E-state index contributed by atoms with van der Waals surface area (Å²) in [6.07, 6.45) is 0. The van der Waals surface area contributed by atoms with E-state index in [1.807, 2.05) is 4.68 Å². The average Bonchev–Trinajstić information content (AvgIpc) is 2.91. The fraction of sp³-hybridized carbons (Fsp3) is 0.500. The molecule has 20 heavy (non-hydrogen) atoms. The summed E-state index contributed by atoms with van der Waals surface area (Å²) < 4.78 is 7.18. The van der Waals surface area contributed by atoms with Crippen LogP contribution in [0.15, 0.2) is 18.2 Å². The summed E-state index contributed by atoms with van der Waals surface area (Å²) in [7, 11) is 0. The van der Waals surface area contributed by atoms with Crippen molar-refractivity contribution in [1.29, 1.82) is 0 Å². The van der Waals surface area contributed by atoms with Gasteiger partial charge in [-0.05, 0) is 47.5 Å². The molecule has 2 aromatic rings. The molecular formula is C14H19N5O. The Morgan fingerprint density at radius 2 is 1.95 bits per heavy atom. The van der Waals surface area contributed by atoms with Crippen LogP contribution in [0.5, 0.6) is 0 Å². The average molecular weight is 273 g/mol. The predicted octanol–water partition coefficient (Wildman–Crippen LogP) is 1.11. The number of rotatable bonds is 3. The number of hydrogen-bond donors (Lipinski definition) is 0. The van der Waals surface area contributed by atoms with Gasteiger partial charge in [0.05, 0.1) is 25.4 Å². The molecule has 0 bridgehead atoms. The number of benzene rings is 1. The fourth-order valence-corrected chi connectivity index (χ4v) is 2.32. The van der Waals surface area contributed by atoms with Gasteiger partial charge in [0.15, 0.2) is 5.82 Å². The molecule has 2 heterocycles. The Balaban J connectivity index is 1.83. The molecule has 0 aliphatic carbocycles. The summed E-state index contributed by atoms with van der Waals surface area (Å²) in [5.74, 6) is 0.871. The minimum Gasteiger partial charge on any atom is -0.379 e. The first-order valence-corrected chi connectivity index (χ1v) is 6.89. The minimum absolute atomic E-state index is 0.753. The number of tetrazole rings is 1. The van der Waals surface area contributed by atoms with Crippen LogP contribution in [-0.4, -0.2) is 51.4 Å². The Hall–Kier alpha value is -1.79. The molecule has 0 N–H and O–H groups in total. The lowest BCUT2D eigenvalue weighted by atomic mass is 10.1. The lowest BCUT2D eigenvalue weighted by molar-refractivity contribution is 0.0327. The van der Waals surface area contributed by atoms with Gasteiger partial charge in [-0.1, -0.05) is 6.07 Å². The Morgan fingerprint density at radius 3 is 2.70 bits per heavy atom. The van der Waals surface area contributed by atoms with E-state index in [0.29, 0.717) is 0 Å². The minimum atomic E-state index is 0.753. The van der Waals surface area contributed by atoms with Crippen molar-refractivity contribution in [2.24, 2.45) is 0 Å². The van der Waals surface area contributed by atoms with Crippen molar-refractivity contribution in [2.75, 3.05) is 26.3 Å². The maximum absolute atomic E-state index is 5.36. The van der Waals surface area contributed by atoms with Gasteiger partial charge in [0.2, 0.25) is 0 Å². The van der Waals surface area contributed by atoms with Crippen LogP contribution in [0.2, 0.25) is 0 Å². The van der Waals surface area contributed by atoms with E-state index in [1.165, 1.54) is 11.1 Å². The third kappa shape index (κ3) is 2.71. The van der Waals surface area contributed by atoms with Gasteiger partial charge in [-0.15, -0.1) is 5.10 Å². The second kappa shape index (κ2) is 5.68. The molecule has 0 atom stereocenters. The van der Waals surface area contributed by atoms with E-state index in [4.69, 9.17) is 4.74 Å². The summed E-state index contributed by atoms with van der Waals surface area (Å²) in [6, 6.07) is 6.28. The summed E-state index contributed by atoms with van der Waals surface area (Å²) >= 11 is 0. The van der Waals surface area contributed by atoms with Crippen LogP contribution in [0.25, 0.3) is 5.69 Å². The van der Waals surface area contributed by atoms with Crippen LogP contribution in [0.3, 0.4) is 0 Å². The number of aryl methyl sites for hydroxylation is 2. The highest BCUT2D eigenvalue weighted by molar-refractivity contribution is 5.39. The summed E-state index contributed by atoms with van der Waals surface area (Å²) in [5.41, 5.74) is 3.54. The van der Waals surface area contributed by atoms with Crippen molar-refractivity contribution in [1.82, 2.24) is 25.1 Å². The van der Waals surface area contributed by atoms with Gasteiger partial charge in [0.25, 0.3) is 0 Å². The Bertz CT molecular complexity index is 589. The van der Waals surface area contributed by atoms with E-state index in [-0.39, 0.29) is 0 Å². The lowest BCUT2D eigenvalue weighted by Gasteiger charge is -2.25. The highest BCUT2D eigenvalue weighted by Crippen LogP contribution is 2.15. The van der Waals surface area contributed by atoms with Gasteiger partial charge >= 0.3 is 0 Å². The first-order valence-electron chi connectivity index (χ1n) is 6.89. The molecule has 1 aliphatic heterocycles. The second-order valence-corrected chi connectivity index (χ2v) is 5.16. The monoisotopic (exact) mass is 273 g/mol. The molecule has 0 amide bonds. The van der Waals surface area contributed by atoms with E-state index in [1.54, 1.807) is 0 Å². The highest BCUT2D eigenvalue weighted by atomic mass is 16.5. The molecule has 1 aliphatic rings. The standard InChI is InChI=1S/C14H19N5O/c1-11-3-4-13(9-12(11)2)19-14(15-16-17-19)10-18-5-7-20-8-6-18/h3-4,9H,5-8,10H2,1-2H3. The molecular weight excluding hydrogens is 254 g/mol. The summed E-state index contributed by atoms with van der Waals surface area (Å²) in [6.45, 7) is 8.39. The molecule has 106 valence electrons. The van der Waals surface area contributed by atoms with Gasteiger partial charge < -0.3 is 4.74 Å². The Labute approximate surface area is 118 Å². The normalized spacial score (nSPS) is 16.5. The number of nitrogens with zero attached hydrogens (tertiary/aromatic N) is 5. The third-order valence-electron chi connectivity index (χ3n) is 3.74. The van der Waals surface area contributed by atoms with Gasteiger partial charge in [-0.2, -0.15) is 4.68 Å². The summed E-state index contributed by atoms with van der Waals surface area (Å²) in [4.78, 5) is 2.31. The first kappa shape index (κ1) is 13.2. The molecule has 3 rings (SSSR count). The molecule has 6 heteroatoms. The van der Waals surface area contributed by atoms with Crippen LogP contribution in [0.4, 0.5) is 0 Å². The molecule has 0 saturated carbocycles. The molecule has 1 aromatic heterocycles. The fourth-order valence-electron chi connectivity index (χ4n) is 2.32. The van der Waals surface area contributed by atoms with Crippen molar-refractivity contribution in [2.45, 2.75) is 20.4 Å². The van der Waals surface area contributed by atoms with Gasteiger partial charge in [-0.25, -0.2) is 0 Å². The van der Waals surface area contributed by atoms with Gasteiger partial charge in [0.1, 0.15) is 0 Å². The number of ether oxygens (including phenoxy) is 1. The van der Waals surface area contributed by atoms with Crippen LogP contribution < -0.4 is 0 Å². The zero-order valence-electron chi connectivity index (χ0n) is 11.9. The molecule has 6 nitrogen and oxygen atoms in total. The van der Waals surface area contributed by atoms with E-state index >= 15 is 0 Å². The molecule has 1 fully saturated rings. The van der Waals surface area contributed by atoms with Crippen molar-refractivity contribution >= 4 is 0 Å². The van der Waals surface area contributed by atoms with Crippen LogP contribution in [0, 0.1) is 13.8 Å². The molecule has 0 spiro atoms. The van der Waals surface area contributed by atoms with Gasteiger partial charge in [-0.3, -0.25) is 4.90 Å². The zero-order chi connectivity index (χ0) is 13.9. The largest absolute Gasteiger partial charge is 0.379 e. The number of aromatic nitrogens is 4. The topological polar surface area (TPSA) is 56.1 Å². The molecule has 0 unspecified atom stereocenters. The zero-order valence-corrected chi connectivity index (χ0v) is 11.9. The van der Waals surface area contributed by atoms with Crippen molar-refractivity contribution in [3.8, 4) is 5.69 Å². The van der Waals surface area contributed by atoms with E-state index in [2.05, 4.69) is 52.5 Å². The third-order valence-corrected chi connectivity index (χ3v) is 3.74. The summed E-state index contributed by atoms with van der Waals surface area (Å²) in [5, 5.41) is 12.1. The van der Waals surface area contributed by atoms with Crippen LogP contribution >= 0.6 is 0 Å². The van der Waals surface area contributed by atoms with E-state index in [9.17, 15) is 0 Å². The quantitative estimate of drug-likeness (QED) is 0.838. The SMILES string of the molecule is Cc1ccc(-n2nnnc2CN2CCOCC2)cc1C. The number of morpholine rings is 1. The molecule has 1 saturated heterocycles. The van der Waals surface area contributed by atoms with E-state index in [0.717, 1.165) is 44.4 Å². The molecule has 1 aromatic carbocycles. The predicted molar refractivity (Wildman–Crippen MR) is 74.7 cm³/mol. The lowest BCUT2D eigenvalue weighted by Crippen LogP contribution is -2.36. The highest BCUT2D eigenvalue weighted by Gasteiger charge is 2.16. The van der Waals surface area contributed by atoms with Gasteiger partial charge in [0, 0.05) is 13.1 Å². The maximum atomic E-state index is 5.36. The smallest absolute Gasteiger partial charge is 0.170 e.